The summed E-state index contributed by atoms with van der Waals surface area (Å²) in [6.07, 6.45) is 3.80. The number of benzene rings is 1. The quantitative estimate of drug-likeness (QED) is 0.860. The average Bonchev–Trinajstić information content (AvgIpc) is 3.00. The van der Waals surface area contributed by atoms with Crippen LogP contribution in [0.3, 0.4) is 0 Å². The van der Waals surface area contributed by atoms with Crippen LogP contribution in [0.2, 0.25) is 0 Å². The molecule has 0 radical (unpaired) electrons. The van der Waals surface area contributed by atoms with Crippen molar-refractivity contribution in [1.29, 1.82) is 0 Å². The summed E-state index contributed by atoms with van der Waals surface area (Å²) in [6, 6.07) is 6.87. The summed E-state index contributed by atoms with van der Waals surface area (Å²) < 4.78 is 27.9. The fourth-order valence-corrected chi connectivity index (χ4v) is 2.44. The molecule has 0 aromatic heterocycles. The van der Waals surface area contributed by atoms with Gasteiger partial charge in [-0.2, -0.15) is 0 Å². The molecule has 0 bridgehead atoms. The molecule has 0 amide bonds. The third-order valence-electron chi connectivity index (χ3n) is 2.62. The van der Waals surface area contributed by atoms with Crippen LogP contribution in [0.15, 0.2) is 24.3 Å². The highest BCUT2D eigenvalue weighted by atomic mass is 32.2. The average molecular weight is 255 g/mol. The Morgan fingerprint density at radius 3 is 2.41 bits per heavy atom. The van der Waals surface area contributed by atoms with E-state index in [0.717, 1.165) is 24.2 Å². The van der Waals surface area contributed by atoms with Gasteiger partial charge in [0.15, 0.2) is 0 Å². The topological polar surface area (TPSA) is 69.4 Å². The molecular formula is C12H17NO3S. The van der Waals surface area contributed by atoms with Crippen LogP contribution in [0.4, 0.5) is 0 Å². The Hall–Kier alpha value is -1.07. The molecule has 0 spiro atoms. The largest absolute Gasteiger partial charge is 0.490 e. The Kier molecular flexibility index (Phi) is 3.40. The lowest BCUT2D eigenvalue weighted by Gasteiger charge is -2.11. The van der Waals surface area contributed by atoms with Crippen molar-refractivity contribution in [2.45, 2.75) is 25.0 Å². The van der Waals surface area contributed by atoms with Gasteiger partial charge in [0, 0.05) is 12.3 Å². The molecule has 1 aliphatic carbocycles. The van der Waals surface area contributed by atoms with E-state index in [4.69, 9.17) is 10.5 Å². The van der Waals surface area contributed by atoms with Crippen molar-refractivity contribution in [2.75, 3.05) is 12.0 Å². The maximum absolute atomic E-state index is 11.1. The van der Waals surface area contributed by atoms with Crippen molar-refractivity contribution in [3.8, 4) is 5.75 Å². The molecule has 1 fully saturated rings. The van der Waals surface area contributed by atoms with Crippen LogP contribution in [-0.4, -0.2) is 26.5 Å². The second-order valence-corrected chi connectivity index (χ2v) is 6.77. The van der Waals surface area contributed by atoms with Gasteiger partial charge in [0.05, 0.1) is 11.9 Å². The molecule has 17 heavy (non-hydrogen) atoms. The van der Waals surface area contributed by atoms with E-state index in [1.54, 1.807) is 0 Å². The molecule has 2 rings (SSSR count). The van der Waals surface area contributed by atoms with Gasteiger partial charge in [-0.1, -0.05) is 12.1 Å². The molecule has 94 valence electrons. The second-order valence-electron chi connectivity index (χ2n) is 4.59. The molecule has 1 aliphatic rings. The SMILES string of the molecule is CS(=O)(=O)CC(N)c1ccc(OC2CC2)cc1. The first-order valence-electron chi connectivity index (χ1n) is 5.64. The van der Waals surface area contributed by atoms with E-state index in [2.05, 4.69) is 0 Å². The summed E-state index contributed by atoms with van der Waals surface area (Å²) >= 11 is 0. The van der Waals surface area contributed by atoms with E-state index in [0.29, 0.717) is 6.10 Å². The molecule has 1 aromatic rings. The highest BCUT2D eigenvalue weighted by Gasteiger charge is 2.23. The molecule has 0 aliphatic heterocycles. The molecule has 1 atom stereocenters. The summed E-state index contributed by atoms with van der Waals surface area (Å²) in [5.74, 6) is 0.790. The molecule has 1 aromatic carbocycles. The van der Waals surface area contributed by atoms with E-state index in [-0.39, 0.29) is 5.75 Å². The van der Waals surface area contributed by atoms with Crippen molar-refractivity contribution >= 4 is 9.84 Å². The highest BCUT2D eigenvalue weighted by molar-refractivity contribution is 7.90. The van der Waals surface area contributed by atoms with Gasteiger partial charge >= 0.3 is 0 Å². The van der Waals surface area contributed by atoms with E-state index >= 15 is 0 Å². The zero-order valence-corrected chi connectivity index (χ0v) is 10.6. The lowest BCUT2D eigenvalue weighted by atomic mass is 10.1. The lowest BCUT2D eigenvalue weighted by molar-refractivity contribution is 0.303. The van der Waals surface area contributed by atoms with Gasteiger partial charge in [0.25, 0.3) is 0 Å². The fourth-order valence-electron chi connectivity index (χ4n) is 1.59. The molecule has 0 saturated heterocycles. The normalized spacial score (nSPS) is 17.8. The zero-order chi connectivity index (χ0) is 12.5. The Morgan fingerprint density at radius 2 is 1.94 bits per heavy atom. The number of rotatable bonds is 5. The Balaban J connectivity index is 2.00. The molecule has 1 saturated carbocycles. The summed E-state index contributed by atoms with van der Waals surface area (Å²) in [4.78, 5) is 0. The minimum absolute atomic E-state index is 0.0319. The van der Waals surface area contributed by atoms with Crippen LogP contribution >= 0.6 is 0 Å². The molecular weight excluding hydrogens is 238 g/mol. The van der Waals surface area contributed by atoms with Crippen LogP contribution in [0.25, 0.3) is 0 Å². The minimum Gasteiger partial charge on any atom is -0.490 e. The van der Waals surface area contributed by atoms with Crippen molar-refractivity contribution in [1.82, 2.24) is 0 Å². The minimum atomic E-state index is -3.05. The van der Waals surface area contributed by atoms with Crippen LogP contribution in [0, 0.1) is 0 Å². The first-order valence-corrected chi connectivity index (χ1v) is 7.70. The van der Waals surface area contributed by atoms with Gasteiger partial charge in [0.2, 0.25) is 0 Å². The van der Waals surface area contributed by atoms with Crippen LogP contribution in [-0.2, 0) is 9.84 Å². The monoisotopic (exact) mass is 255 g/mol. The number of sulfone groups is 1. The van der Waals surface area contributed by atoms with Crippen LogP contribution in [0.1, 0.15) is 24.4 Å². The van der Waals surface area contributed by atoms with Crippen molar-refractivity contribution in [3.63, 3.8) is 0 Å². The summed E-state index contributed by atoms with van der Waals surface area (Å²) in [5.41, 5.74) is 6.64. The summed E-state index contributed by atoms with van der Waals surface area (Å²) in [7, 11) is -3.05. The van der Waals surface area contributed by atoms with Gasteiger partial charge in [0.1, 0.15) is 15.6 Å². The van der Waals surface area contributed by atoms with Gasteiger partial charge in [-0.25, -0.2) is 8.42 Å². The molecule has 5 heteroatoms. The van der Waals surface area contributed by atoms with Gasteiger partial charge in [-0.15, -0.1) is 0 Å². The highest BCUT2D eigenvalue weighted by Crippen LogP contribution is 2.27. The molecule has 4 nitrogen and oxygen atoms in total. The first kappa shape index (κ1) is 12.4. The Bertz CT molecular complexity index is 477. The van der Waals surface area contributed by atoms with Gasteiger partial charge < -0.3 is 10.5 Å². The second kappa shape index (κ2) is 4.66. The van der Waals surface area contributed by atoms with Crippen molar-refractivity contribution in [2.24, 2.45) is 5.73 Å². The van der Waals surface area contributed by atoms with Crippen LogP contribution in [0.5, 0.6) is 5.75 Å². The van der Waals surface area contributed by atoms with E-state index in [1.807, 2.05) is 24.3 Å². The van der Waals surface area contributed by atoms with Crippen molar-refractivity contribution < 1.29 is 13.2 Å². The van der Waals surface area contributed by atoms with E-state index in [1.165, 1.54) is 6.26 Å². The van der Waals surface area contributed by atoms with E-state index < -0.39 is 15.9 Å². The molecule has 1 unspecified atom stereocenters. The van der Waals surface area contributed by atoms with Gasteiger partial charge in [-0.3, -0.25) is 0 Å². The predicted molar refractivity (Wildman–Crippen MR) is 66.7 cm³/mol. The molecule has 0 heterocycles. The Morgan fingerprint density at radius 1 is 1.35 bits per heavy atom. The van der Waals surface area contributed by atoms with Crippen molar-refractivity contribution in [3.05, 3.63) is 29.8 Å². The third-order valence-corrected chi connectivity index (χ3v) is 3.58. The lowest BCUT2D eigenvalue weighted by Crippen LogP contribution is -2.20. The number of nitrogens with two attached hydrogens (primary N) is 1. The third kappa shape index (κ3) is 4.02. The van der Waals surface area contributed by atoms with Gasteiger partial charge in [-0.05, 0) is 30.5 Å². The number of hydrogen-bond acceptors (Lipinski definition) is 4. The maximum atomic E-state index is 11.1. The Labute approximate surface area is 102 Å². The predicted octanol–water partition coefficient (Wildman–Crippen LogP) is 1.27. The number of ether oxygens (including phenoxy) is 1. The number of hydrogen-bond donors (Lipinski definition) is 1. The first-order chi connectivity index (χ1) is 7.94. The zero-order valence-electron chi connectivity index (χ0n) is 9.80. The smallest absolute Gasteiger partial charge is 0.149 e. The standard InChI is InChI=1S/C12H17NO3S/c1-17(14,15)8-12(13)9-2-4-10(5-3-9)16-11-6-7-11/h2-5,11-12H,6-8,13H2,1H3. The summed E-state index contributed by atoms with van der Waals surface area (Å²) in [5, 5.41) is 0. The molecule has 2 N–H and O–H groups in total. The fraction of sp³-hybridized carbons (Fsp3) is 0.500. The maximum Gasteiger partial charge on any atom is 0.149 e. The summed E-state index contributed by atoms with van der Waals surface area (Å²) in [6.45, 7) is 0. The van der Waals surface area contributed by atoms with E-state index in [9.17, 15) is 8.42 Å². The van der Waals surface area contributed by atoms with Crippen LogP contribution < -0.4 is 10.5 Å².